The van der Waals surface area contributed by atoms with Gasteiger partial charge in [0.05, 0.1) is 4.90 Å². The summed E-state index contributed by atoms with van der Waals surface area (Å²) in [5.41, 5.74) is 0. The molecule has 7 heteroatoms. The molecule has 0 spiro atoms. The van der Waals surface area contributed by atoms with Crippen molar-refractivity contribution in [1.82, 2.24) is 9.29 Å². The van der Waals surface area contributed by atoms with Gasteiger partial charge < -0.3 is 5.32 Å². The Labute approximate surface area is 117 Å². The summed E-state index contributed by atoms with van der Waals surface area (Å²) < 4.78 is 26.1. The van der Waals surface area contributed by atoms with Crippen molar-refractivity contribution in [3.63, 3.8) is 0 Å². The molecule has 1 N–H and O–H groups in total. The van der Waals surface area contributed by atoms with Crippen LogP contribution in [0.15, 0.2) is 40.7 Å². The van der Waals surface area contributed by atoms with Crippen LogP contribution in [0, 0.1) is 0 Å². The minimum Gasteiger partial charge on any atom is -0.373 e. The molecule has 2 aromatic rings. The predicted molar refractivity (Wildman–Crippen MR) is 76.8 cm³/mol. The lowest BCUT2D eigenvalue weighted by Gasteiger charge is -2.16. The van der Waals surface area contributed by atoms with Gasteiger partial charge in [0.1, 0.15) is 5.82 Å². The lowest BCUT2D eigenvalue weighted by molar-refractivity contribution is 0.469. The molecule has 2 aromatic heterocycles. The number of nitrogens with one attached hydrogen (secondary N) is 1. The number of sulfonamides is 1. The van der Waals surface area contributed by atoms with Crippen molar-refractivity contribution in [3.05, 3.63) is 40.7 Å². The van der Waals surface area contributed by atoms with Crippen LogP contribution in [0.3, 0.4) is 0 Å². The van der Waals surface area contributed by atoms with Crippen molar-refractivity contribution in [2.24, 2.45) is 0 Å². The number of pyridine rings is 1. The van der Waals surface area contributed by atoms with Gasteiger partial charge in [0.2, 0.25) is 10.0 Å². The Hall–Kier alpha value is -1.44. The molecule has 0 aliphatic heterocycles. The van der Waals surface area contributed by atoms with Gasteiger partial charge >= 0.3 is 0 Å². The molecule has 102 valence electrons. The molecule has 0 radical (unpaired) electrons. The maximum absolute atomic E-state index is 12.4. The molecule has 0 unspecified atom stereocenters. The summed E-state index contributed by atoms with van der Waals surface area (Å²) in [7, 11) is -0.207. The lowest BCUT2D eigenvalue weighted by atomic mass is 10.5. The summed E-state index contributed by atoms with van der Waals surface area (Å²) in [5.74, 6) is 0.533. The van der Waals surface area contributed by atoms with Crippen molar-refractivity contribution < 1.29 is 8.42 Å². The molecule has 0 aliphatic carbocycles. The van der Waals surface area contributed by atoms with E-state index in [9.17, 15) is 8.42 Å². The zero-order valence-corrected chi connectivity index (χ0v) is 12.3. The van der Waals surface area contributed by atoms with Crippen LogP contribution in [0.1, 0.15) is 4.88 Å². The Morgan fingerprint density at radius 1 is 1.42 bits per heavy atom. The average molecular weight is 297 g/mol. The third kappa shape index (κ3) is 3.12. The first-order valence-electron chi connectivity index (χ1n) is 5.66. The van der Waals surface area contributed by atoms with Crippen LogP contribution in [0.5, 0.6) is 0 Å². The maximum Gasteiger partial charge on any atom is 0.243 e. The Morgan fingerprint density at radius 3 is 2.84 bits per heavy atom. The predicted octanol–water partition coefficient (Wildman–Crippen LogP) is 2.01. The van der Waals surface area contributed by atoms with Crippen molar-refractivity contribution in [1.29, 1.82) is 0 Å². The molecule has 0 saturated carbocycles. The zero-order chi connectivity index (χ0) is 13.9. The second kappa shape index (κ2) is 5.68. The minimum absolute atomic E-state index is 0.242. The standard InChI is InChI=1S/C12H15N3O2S2/c1-13-12-8-11(5-6-14-12)19(16,17)15(2)9-10-4-3-7-18-10/h3-8H,9H2,1-2H3,(H,13,14). The molecule has 19 heavy (non-hydrogen) atoms. The molecule has 0 aliphatic rings. The zero-order valence-electron chi connectivity index (χ0n) is 10.7. The van der Waals surface area contributed by atoms with E-state index in [4.69, 9.17) is 0 Å². The Bertz CT molecular complexity index is 639. The fourth-order valence-corrected chi connectivity index (χ4v) is 3.60. The molecule has 0 fully saturated rings. The van der Waals surface area contributed by atoms with E-state index < -0.39 is 10.0 Å². The topological polar surface area (TPSA) is 62.3 Å². The highest BCUT2D eigenvalue weighted by Gasteiger charge is 2.21. The van der Waals surface area contributed by atoms with Crippen molar-refractivity contribution in [2.75, 3.05) is 19.4 Å². The monoisotopic (exact) mass is 297 g/mol. The summed E-state index contributed by atoms with van der Waals surface area (Å²) in [6, 6.07) is 6.86. The van der Waals surface area contributed by atoms with E-state index >= 15 is 0 Å². The fraction of sp³-hybridized carbons (Fsp3) is 0.250. The average Bonchev–Trinajstić information content (AvgIpc) is 2.91. The third-order valence-corrected chi connectivity index (χ3v) is 5.31. The van der Waals surface area contributed by atoms with Gasteiger partial charge in [0.25, 0.3) is 0 Å². The third-order valence-electron chi connectivity index (χ3n) is 2.65. The number of aromatic nitrogens is 1. The molecule has 0 atom stereocenters. The highest BCUT2D eigenvalue weighted by molar-refractivity contribution is 7.89. The van der Waals surface area contributed by atoms with Crippen LogP contribution in [0.4, 0.5) is 5.82 Å². The van der Waals surface area contributed by atoms with Gasteiger partial charge in [0.15, 0.2) is 0 Å². The number of anilines is 1. The summed E-state index contributed by atoms with van der Waals surface area (Å²) >= 11 is 1.54. The minimum atomic E-state index is -3.49. The molecule has 2 heterocycles. The fourth-order valence-electron chi connectivity index (χ4n) is 1.60. The highest BCUT2D eigenvalue weighted by atomic mass is 32.2. The van der Waals surface area contributed by atoms with Crippen LogP contribution < -0.4 is 5.32 Å². The van der Waals surface area contributed by atoms with Crippen LogP contribution in [-0.2, 0) is 16.6 Å². The Morgan fingerprint density at radius 2 is 2.21 bits per heavy atom. The van der Waals surface area contributed by atoms with E-state index in [0.29, 0.717) is 12.4 Å². The van der Waals surface area contributed by atoms with Gasteiger partial charge in [0, 0.05) is 37.8 Å². The van der Waals surface area contributed by atoms with E-state index in [1.807, 2.05) is 17.5 Å². The maximum atomic E-state index is 12.4. The number of nitrogens with zero attached hydrogens (tertiary/aromatic N) is 2. The summed E-state index contributed by atoms with van der Waals surface area (Å²) in [5, 5.41) is 4.76. The molecule has 0 bridgehead atoms. The van der Waals surface area contributed by atoms with Crippen molar-refractivity contribution in [2.45, 2.75) is 11.4 Å². The number of thiophene rings is 1. The number of hydrogen-bond acceptors (Lipinski definition) is 5. The van der Waals surface area contributed by atoms with Crippen LogP contribution in [0.2, 0.25) is 0 Å². The van der Waals surface area contributed by atoms with Gasteiger partial charge in [-0.1, -0.05) is 6.07 Å². The molecule has 0 amide bonds. The lowest BCUT2D eigenvalue weighted by Crippen LogP contribution is -2.26. The summed E-state index contributed by atoms with van der Waals surface area (Å²) in [4.78, 5) is 5.26. The van der Waals surface area contributed by atoms with Crippen LogP contribution in [0.25, 0.3) is 0 Å². The quantitative estimate of drug-likeness (QED) is 0.917. The van der Waals surface area contributed by atoms with Gasteiger partial charge in [-0.2, -0.15) is 4.31 Å². The first-order chi connectivity index (χ1) is 9.04. The van der Waals surface area contributed by atoms with E-state index in [2.05, 4.69) is 10.3 Å². The SMILES string of the molecule is CNc1cc(S(=O)(=O)N(C)Cc2cccs2)ccn1. The molecule has 5 nitrogen and oxygen atoms in total. The van der Waals surface area contributed by atoms with E-state index in [1.54, 1.807) is 14.1 Å². The van der Waals surface area contributed by atoms with Crippen LogP contribution >= 0.6 is 11.3 Å². The number of hydrogen-bond donors (Lipinski definition) is 1. The van der Waals surface area contributed by atoms with Crippen LogP contribution in [-0.4, -0.2) is 31.8 Å². The van der Waals surface area contributed by atoms with Crippen molar-refractivity contribution >= 4 is 27.2 Å². The molecule has 0 saturated heterocycles. The van der Waals surface area contributed by atoms with E-state index in [0.717, 1.165) is 4.88 Å². The van der Waals surface area contributed by atoms with E-state index in [1.165, 1.54) is 34.0 Å². The molecular formula is C12H15N3O2S2. The van der Waals surface area contributed by atoms with Gasteiger partial charge in [-0.25, -0.2) is 13.4 Å². The Balaban J connectivity index is 2.25. The number of rotatable bonds is 5. The van der Waals surface area contributed by atoms with E-state index in [-0.39, 0.29) is 4.90 Å². The largest absolute Gasteiger partial charge is 0.373 e. The Kier molecular flexibility index (Phi) is 4.18. The summed E-state index contributed by atoms with van der Waals surface area (Å²) in [6.45, 7) is 0.372. The van der Waals surface area contributed by atoms with Gasteiger partial charge in [-0.05, 0) is 17.5 Å². The molecule has 0 aromatic carbocycles. The van der Waals surface area contributed by atoms with Crippen molar-refractivity contribution in [3.8, 4) is 0 Å². The second-order valence-corrected chi connectivity index (χ2v) is 7.04. The normalized spacial score (nSPS) is 11.7. The molecular weight excluding hydrogens is 282 g/mol. The highest BCUT2D eigenvalue weighted by Crippen LogP contribution is 2.20. The van der Waals surface area contributed by atoms with Gasteiger partial charge in [-0.3, -0.25) is 0 Å². The first-order valence-corrected chi connectivity index (χ1v) is 7.98. The second-order valence-electron chi connectivity index (χ2n) is 3.97. The first kappa shape index (κ1) is 14.0. The van der Waals surface area contributed by atoms with Gasteiger partial charge in [-0.15, -0.1) is 11.3 Å². The smallest absolute Gasteiger partial charge is 0.243 e. The molecule has 2 rings (SSSR count). The summed E-state index contributed by atoms with van der Waals surface area (Å²) in [6.07, 6.45) is 1.48.